The molecule has 2 amide bonds. The van der Waals surface area contributed by atoms with Gasteiger partial charge in [0.1, 0.15) is 5.75 Å². The number of hydrogen-bond acceptors (Lipinski definition) is 2. The third kappa shape index (κ3) is 4.21. The Hall–Kier alpha value is -1.92. The number of phenolic OH excluding ortho intramolecular Hbond substituents is 1. The van der Waals surface area contributed by atoms with Crippen LogP contribution in [0.2, 0.25) is 0 Å². The lowest BCUT2D eigenvalue weighted by molar-refractivity contribution is -0.144. The van der Waals surface area contributed by atoms with Crippen LogP contribution in [-0.2, 0) is 0 Å². The predicted octanol–water partition coefficient (Wildman–Crippen LogP) is 2.03. The molecule has 0 aliphatic rings. The summed E-state index contributed by atoms with van der Waals surface area (Å²) in [5, 5.41) is 11.6. The highest BCUT2D eigenvalue weighted by molar-refractivity contribution is 5.89. The topological polar surface area (TPSA) is 61.4 Å². The molecule has 0 saturated carbocycles. The number of hydrogen-bond donors (Lipinski definition) is 3. The van der Waals surface area contributed by atoms with E-state index >= 15 is 0 Å². The van der Waals surface area contributed by atoms with E-state index in [1.165, 1.54) is 18.2 Å². The average molecular weight is 220 g/mol. The number of alkyl halides is 3. The van der Waals surface area contributed by atoms with Gasteiger partial charge in [-0.15, -0.1) is 0 Å². The number of nitrogens with one attached hydrogen (secondary N) is 2. The molecule has 0 saturated heterocycles. The molecular formula is C8H7F3N2O2. The molecule has 0 radical (unpaired) electrons. The van der Waals surface area contributed by atoms with Gasteiger partial charge in [0.05, 0.1) is 0 Å². The summed E-state index contributed by atoms with van der Waals surface area (Å²) in [6.07, 6.45) is -4.78. The number of amides is 2. The lowest BCUT2D eigenvalue weighted by Crippen LogP contribution is -2.40. The molecule has 0 spiro atoms. The van der Waals surface area contributed by atoms with Crippen molar-refractivity contribution in [3.05, 3.63) is 24.3 Å². The van der Waals surface area contributed by atoms with Gasteiger partial charge in [-0.25, -0.2) is 10.1 Å². The molecule has 0 aromatic heterocycles. The molecule has 1 aromatic rings. The van der Waals surface area contributed by atoms with E-state index in [1.807, 2.05) is 5.32 Å². The van der Waals surface area contributed by atoms with Gasteiger partial charge in [-0.2, -0.15) is 13.2 Å². The summed E-state index contributed by atoms with van der Waals surface area (Å²) in [6.45, 7) is 0. The first-order chi connectivity index (χ1) is 6.87. The summed E-state index contributed by atoms with van der Waals surface area (Å²) >= 11 is 0. The highest BCUT2D eigenvalue weighted by Crippen LogP contribution is 2.16. The lowest BCUT2D eigenvalue weighted by Gasteiger charge is -2.09. The normalized spacial score (nSPS) is 10.9. The highest BCUT2D eigenvalue weighted by Gasteiger charge is 2.29. The Morgan fingerprint density at radius 2 is 2.00 bits per heavy atom. The summed E-state index contributed by atoms with van der Waals surface area (Å²) in [7, 11) is 0. The number of anilines is 1. The van der Waals surface area contributed by atoms with Crippen molar-refractivity contribution in [2.24, 2.45) is 0 Å². The van der Waals surface area contributed by atoms with Gasteiger partial charge in [0.2, 0.25) is 0 Å². The SMILES string of the molecule is O=C(Nc1cccc(O)c1)NC(F)(F)F. The van der Waals surface area contributed by atoms with Crippen LogP contribution in [0.4, 0.5) is 23.7 Å². The molecular weight excluding hydrogens is 213 g/mol. The second-order valence-corrected chi connectivity index (χ2v) is 2.63. The fourth-order valence-electron chi connectivity index (χ4n) is 0.875. The van der Waals surface area contributed by atoms with Crippen LogP contribution in [0.5, 0.6) is 5.75 Å². The van der Waals surface area contributed by atoms with Gasteiger partial charge in [-0.3, -0.25) is 0 Å². The fraction of sp³-hybridized carbons (Fsp3) is 0.125. The minimum Gasteiger partial charge on any atom is -0.508 e. The van der Waals surface area contributed by atoms with Gasteiger partial charge in [0, 0.05) is 11.8 Å². The Bertz CT molecular complexity index is 365. The van der Waals surface area contributed by atoms with Gasteiger partial charge in [-0.05, 0) is 12.1 Å². The van der Waals surface area contributed by atoms with E-state index in [0.29, 0.717) is 0 Å². The van der Waals surface area contributed by atoms with Crippen molar-refractivity contribution in [1.29, 1.82) is 0 Å². The predicted molar refractivity (Wildman–Crippen MR) is 46.3 cm³/mol. The number of urea groups is 1. The zero-order valence-electron chi connectivity index (χ0n) is 7.30. The van der Waals surface area contributed by atoms with E-state index in [4.69, 9.17) is 5.11 Å². The average Bonchev–Trinajstić information content (AvgIpc) is 1.99. The number of rotatable bonds is 1. The molecule has 1 aromatic carbocycles. The van der Waals surface area contributed by atoms with Gasteiger partial charge < -0.3 is 10.4 Å². The van der Waals surface area contributed by atoms with Crippen molar-refractivity contribution in [1.82, 2.24) is 5.32 Å². The van der Waals surface area contributed by atoms with Crippen LogP contribution in [0, 0.1) is 0 Å². The molecule has 3 N–H and O–H groups in total. The summed E-state index contributed by atoms with van der Waals surface area (Å²) < 4.78 is 35.0. The molecule has 4 nitrogen and oxygen atoms in total. The molecule has 0 bridgehead atoms. The molecule has 82 valence electrons. The molecule has 0 fully saturated rings. The third-order valence-corrected chi connectivity index (χ3v) is 1.36. The third-order valence-electron chi connectivity index (χ3n) is 1.36. The number of benzene rings is 1. The van der Waals surface area contributed by atoms with Crippen molar-refractivity contribution in [3.63, 3.8) is 0 Å². The number of aromatic hydroxyl groups is 1. The van der Waals surface area contributed by atoms with E-state index in [2.05, 4.69) is 0 Å². The first-order valence-corrected chi connectivity index (χ1v) is 3.82. The maximum Gasteiger partial charge on any atom is 0.485 e. The minimum atomic E-state index is -4.78. The molecule has 0 aliphatic heterocycles. The van der Waals surface area contributed by atoms with E-state index < -0.39 is 12.3 Å². The zero-order chi connectivity index (χ0) is 11.5. The van der Waals surface area contributed by atoms with Gasteiger partial charge in [0.15, 0.2) is 0 Å². The largest absolute Gasteiger partial charge is 0.508 e. The number of halogens is 3. The van der Waals surface area contributed by atoms with Gasteiger partial charge >= 0.3 is 12.3 Å². The summed E-state index contributed by atoms with van der Waals surface area (Å²) in [6, 6.07) is 3.77. The van der Waals surface area contributed by atoms with Crippen molar-refractivity contribution >= 4 is 11.7 Å². The van der Waals surface area contributed by atoms with Crippen molar-refractivity contribution in [2.75, 3.05) is 5.32 Å². The Morgan fingerprint density at radius 1 is 1.33 bits per heavy atom. The number of phenols is 1. The Morgan fingerprint density at radius 3 is 2.53 bits per heavy atom. The second-order valence-electron chi connectivity index (χ2n) is 2.63. The Balaban J connectivity index is 2.59. The van der Waals surface area contributed by atoms with E-state index in [-0.39, 0.29) is 11.4 Å². The second kappa shape index (κ2) is 4.07. The summed E-state index contributed by atoms with van der Waals surface area (Å²) in [5.74, 6) is -0.153. The minimum absolute atomic E-state index is 0.0664. The Kier molecular flexibility index (Phi) is 3.03. The molecule has 0 atom stereocenters. The molecule has 0 aliphatic carbocycles. The number of carbonyl (C=O) groups excluding carboxylic acids is 1. The first kappa shape index (κ1) is 11.2. The van der Waals surface area contributed by atoms with Crippen LogP contribution in [0.15, 0.2) is 24.3 Å². The molecule has 7 heteroatoms. The van der Waals surface area contributed by atoms with Crippen LogP contribution in [0.25, 0.3) is 0 Å². The zero-order valence-corrected chi connectivity index (χ0v) is 7.30. The van der Waals surface area contributed by atoms with Crippen molar-refractivity contribution in [2.45, 2.75) is 6.30 Å². The fourth-order valence-corrected chi connectivity index (χ4v) is 0.875. The van der Waals surface area contributed by atoms with Crippen LogP contribution >= 0.6 is 0 Å². The number of carbonyl (C=O) groups is 1. The Labute approximate surface area is 82.7 Å². The van der Waals surface area contributed by atoms with E-state index in [9.17, 15) is 18.0 Å². The van der Waals surface area contributed by atoms with Crippen LogP contribution in [-0.4, -0.2) is 17.4 Å². The smallest absolute Gasteiger partial charge is 0.485 e. The van der Waals surface area contributed by atoms with E-state index in [1.54, 1.807) is 0 Å². The monoisotopic (exact) mass is 220 g/mol. The van der Waals surface area contributed by atoms with Crippen LogP contribution in [0.3, 0.4) is 0 Å². The van der Waals surface area contributed by atoms with Gasteiger partial charge in [-0.1, -0.05) is 6.07 Å². The van der Waals surface area contributed by atoms with Crippen LogP contribution in [0.1, 0.15) is 0 Å². The summed E-state index contributed by atoms with van der Waals surface area (Å²) in [5.41, 5.74) is 0.0664. The quantitative estimate of drug-likeness (QED) is 0.634. The van der Waals surface area contributed by atoms with Crippen LogP contribution < -0.4 is 10.6 Å². The molecule has 0 unspecified atom stereocenters. The standard InChI is InChI=1S/C8H7F3N2O2/c9-8(10,11)13-7(15)12-5-2-1-3-6(14)4-5/h1-4,14H,(H2,12,13,15). The summed E-state index contributed by atoms with van der Waals surface area (Å²) in [4.78, 5) is 10.7. The maximum atomic E-state index is 11.7. The van der Waals surface area contributed by atoms with Gasteiger partial charge in [0.25, 0.3) is 0 Å². The highest BCUT2D eigenvalue weighted by atomic mass is 19.4. The molecule has 1 rings (SSSR count). The molecule has 15 heavy (non-hydrogen) atoms. The maximum absolute atomic E-state index is 11.7. The molecule has 0 heterocycles. The van der Waals surface area contributed by atoms with Crippen molar-refractivity contribution < 1.29 is 23.1 Å². The lowest BCUT2D eigenvalue weighted by atomic mass is 10.3. The van der Waals surface area contributed by atoms with E-state index in [0.717, 1.165) is 11.4 Å². The van der Waals surface area contributed by atoms with Crippen molar-refractivity contribution in [3.8, 4) is 5.75 Å². The first-order valence-electron chi connectivity index (χ1n) is 3.82.